The topological polar surface area (TPSA) is 59.3 Å². The average molecular weight is 308 g/mol. The molecular formula is C13H10BrNO3. The van der Waals surface area contributed by atoms with Gasteiger partial charge in [0.2, 0.25) is 0 Å². The highest BCUT2D eigenvalue weighted by Crippen LogP contribution is 2.19. The summed E-state index contributed by atoms with van der Waals surface area (Å²) in [6.45, 7) is 0.403. The molecule has 0 atom stereocenters. The second-order valence-corrected chi connectivity index (χ2v) is 4.63. The predicted octanol–water partition coefficient (Wildman–Crippen LogP) is 2.36. The van der Waals surface area contributed by atoms with E-state index in [4.69, 9.17) is 5.11 Å². The molecule has 0 aliphatic rings. The molecule has 1 heterocycles. The first kappa shape index (κ1) is 12.6. The maximum absolute atomic E-state index is 11.6. The molecule has 1 N–H and O–H groups in total. The second-order valence-electron chi connectivity index (χ2n) is 3.78. The summed E-state index contributed by atoms with van der Waals surface area (Å²) in [5.74, 6) is -0.973. The molecule has 4 nitrogen and oxygen atoms in total. The standard InChI is InChI=1S/C13H10BrNO3/c14-11-7-9(13(17)18)4-5-10(11)8-15-6-2-1-3-12(15)16/h1-7H,8H2,(H,17,18). The smallest absolute Gasteiger partial charge is 0.335 e. The number of aromatic nitrogens is 1. The Morgan fingerprint density at radius 1 is 1.28 bits per heavy atom. The Balaban J connectivity index is 2.33. The van der Waals surface area contributed by atoms with Gasteiger partial charge in [-0.15, -0.1) is 0 Å². The minimum Gasteiger partial charge on any atom is -0.478 e. The van der Waals surface area contributed by atoms with Gasteiger partial charge in [-0.1, -0.05) is 28.1 Å². The van der Waals surface area contributed by atoms with E-state index in [1.54, 1.807) is 29.0 Å². The Bertz CT molecular complexity index is 649. The zero-order chi connectivity index (χ0) is 13.1. The molecule has 0 spiro atoms. The Morgan fingerprint density at radius 3 is 2.67 bits per heavy atom. The van der Waals surface area contributed by atoms with Crippen molar-refractivity contribution >= 4 is 21.9 Å². The number of pyridine rings is 1. The van der Waals surface area contributed by atoms with Crippen LogP contribution in [0.1, 0.15) is 15.9 Å². The zero-order valence-corrected chi connectivity index (χ0v) is 10.9. The minimum atomic E-state index is -0.973. The molecule has 0 amide bonds. The summed E-state index contributed by atoms with van der Waals surface area (Å²) in [5.41, 5.74) is 0.978. The van der Waals surface area contributed by atoms with Gasteiger partial charge in [0.1, 0.15) is 0 Å². The summed E-state index contributed by atoms with van der Waals surface area (Å²) < 4.78 is 2.23. The Kier molecular flexibility index (Phi) is 3.62. The van der Waals surface area contributed by atoms with E-state index in [1.807, 2.05) is 0 Å². The van der Waals surface area contributed by atoms with Crippen molar-refractivity contribution in [1.29, 1.82) is 0 Å². The van der Waals surface area contributed by atoms with E-state index in [9.17, 15) is 9.59 Å². The first-order chi connectivity index (χ1) is 8.58. The van der Waals surface area contributed by atoms with Crippen molar-refractivity contribution in [1.82, 2.24) is 4.57 Å². The number of carboxylic acid groups (broad SMARTS) is 1. The number of hydrogen-bond acceptors (Lipinski definition) is 2. The normalized spacial score (nSPS) is 10.3. The lowest BCUT2D eigenvalue weighted by Crippen LogP contribution is -2.18. The van der Waals surface area contributed by atoms with Gasteiger partial charge in [-0.25, -0.2) is 4.79 Å². The molecule has 92 valence electrons. The second kappa shape index (κ2) is 5.18. The van der Waals surface area contributed by atoms with Gasteiger partial charge in [-0.3, -0.25) is 4.79 Å². The van der Waals surface area contributed by atoms with Crippen molar-refractivity contribution in [3.8, 4) is 0 Å². The highest BCUT2D eigenvalue weighted by Gasteiger charge is 2.07. The van der Waals surface area contributed by atoms with Crippen LogP contribution in [0.2, 0.25) is 0 Å². The van der Waals surface area contributed by atoms with Crippen molar-refractivity contribution in [3.63, 3.8) is 0 Å². The van der Waals surface area contributed by atoms with Crippen LogP contribution in [0.5, 0.6) is 0 Å². The number of carbonyl (C=O) groups is 1. The number of halogens is 1. The first-order valence-corrected chi connectivity index (χ1v) is 6.04. The zero-order valence-electron chi connectivity index (χ0n) is 9.34. The van der Waals surface area contributed by atoms with Crippen LogP contribution in [0.25, 0.3) is 0 Å². The van der Waals surface area contributed by atoms with E-state index < -0.39 is 5.97 Å². The van der Waals surface area contributed by atoms with Crippen molar-refractivity contribution in [2.24, 2.45) is 0 Å². The molecule has 1 aromatic carbocycles. The van der Waals surface area contributed by atoms with Crippen molar-refractivity contribution in [3.05, 3.63) is 68.5 Å². The molecule has 0 aliphatic heterocycles. The summed E-state index contributed by atoms with van der Waals surface area (Å²) >= 11 is 3.32. The molecule has 2 aromatic rings. The SMILES string of the molecule is O=C(O)c1ccc(Cn2ccccc2=O)c(Br)c1. The fraction of sp³-hybridized carbons (Fsp3) is 0.0769. The molecule has 0 radical (unpaired) electrons. The van der Waals surface area contributed by atoms with E-state index in [-0.39, 0.29) is 11.1 Å². The number of rotatable bonds is 3. The average Bonchev–Trinajstić information content (AvgIpc) is 2.34. The van der Waals surface area contributed by atoms with Crippen LogP contribution >= 0.6 is 15.9 Å². The van der Waals surface area contributed by atoms with Gasteiger partial charge in [0, 0.05) is 16.7 Å². The summed E-state index contributed by atoms with van der Waals surface area (Å²) in [4.78, 5) is 22.4. The third-order valence-electron chi connectivity index (χ3n) is 2.54. The van der Waals surface area contributed by atoms with Gasteiger partial charge in [0.15, 0.2) is 0 Å². The number of aromatic carboxylic acids is 1. The fourth-order valence-corrected chi connectivity index (χ4v) is 2.09. The Hall–Kier alpha value is -1.88. The van der Waals surface area contributed by atoms with Gasteiger partial charge in [-0.05, 0) is 23.8 Å². The maximum Gasteiger partial charge on any atom is 0.335 e. The van der Waals surface area contributed by atoms with Gasteiger partial charge in [-0.2, -0.15) is 0 Å². The number of benzene rings is 1. The molecule has 18 heavy (non-hydrogen) atoms. The summed E-state index contributed by atoms with van der Waals surface area (Å²) in [6.07, 6.45) is 1.69. The van der Waals surface area contributed by atoms with Crippen LogP contribution in [-0.4, -0.2) is 15.6 Å². The first-order valence-electron chi connectivity index (χ1n) is 5.25. The van der Waals surface area contributed by atoms with Gasteiger partial charge in [0.05, 0.1) is 12.1 Å². The highest BCUT2D eigenvalue weighted by molar-refractivity contribution is 9.10. The summed E-state index contributed by atoms with van der Waals surface area (Å²) in [5, 5.41) is 8.86. The van der Waals surface area contributed by atoms with E-state index in [1.165, 1.54) is 18.2 Å². The molecule has 2 rings (SSSR count). The lowest BCUT2D eigenvalue weighted by atomic mass is 10.1. The fourth-order valence-electron chi connectivity index (χ4n) is 1.58. The Labute approximate surface area is 112 Å². The number of hydrogen-bond donors (Lipinski definition) is 1. The molecule has 0 fully saturated rings. The molecule has 0 aliphatic carbocycles. The number of nitrogens with zero attached hydrogens (tertiary/aromatic N) is 1. The van der Waals surface area contributed by atoms with Crippen molar-refractivity contribution in [2.75, 3.05) is 0 Å². The minimum absolute atomic E-state index is 0.0910. The molecule has 0 bridgehead atoms. The lowest BCUT2D eigenvalue weighted by Gasteiger charge is -2.08. The van der Waals surface area contributed by atoms with Crippen LogP contribution in [0.15, 0.2) is 51.9 Å². The maximum atomic E-state index is 11.6. The van der Waals surface area contributed by atoms with Crippen LogP contribution in [0, 0.1) is 0 Å². The van der Waals surface area contributed by atoms with E-state index in [2.05, 4.69) is 15.9 Å². The van der Waals surface area contributed by atoms with E-state index >= 15 is 0 Å². The molecular weight excluding hydrogens is 298 g/mol. The third-order valence-corrected chi connectivity index (χ3v) is 3.28. The molecule has 0 saturated heterocycles. The van der Waals surface area contributed by atoms with Crippen molar-refractivity contribution < 1.29 is 9.90 Å². The predicted molar refractivity (Wildman–Crippen MR) is 70.9 cm³/mol. The molecule has 0 unspecified atom stereocenters. The monoisotopic (exact) mass is 307 g/mol. The number of carboxylic acids is 1. The lowest BCUT2D eigenvalue weighted by molar-refractivity contribution is 0.0697. The molecule has 1 aromatic heterocycles. The quantitative estimate of drug-likeness (QED) is 0.947. The molecule has 5 heteroatoms. The summed E-state index contributed by atoms with van der Waals surface area (Å²) in [7, 11) is 0. The van der Waals surface area contributed by atoms with Crippen LogP contribution in [-0.2, 0) is 6.54 Å². The van der Waals surface area contributed by atoms with Crippen LogP contribution in [0.3, 0.4) is 0 Å². The van der Waals surface area contributed by atoms with Crippen LogP contribution in [0.4, 0.5) is 0 Å². The summed E-state index contributed by atoms with van der Waals surface area (Å²) in [6, 6.07) is 9.71. The van der Waals surface area contributed by atoms with E-state index in [0.29, 0.717) is 11.0 Å². The van der Waals surface area contributed by atoms with Gasteiger partial charge < -0.3 is 9.67 Å². The van der Waals surface area contributed by atoms with Gasteiger partial charge >= 0.3 is 5.97 Å². The van der Waals surface area contributed by atoms with Crippen LogP contribution < -0.4 is 5.56 Å². The van der Waals surface area contributed by atoms with E-state index in [0.717, 1.165) is 5.56 Å². The largest absolute Gasteiger partial charge is 0.478 e. The Morgan fingerprint density at radius 2 is 2.06 bits per heavy atom. The highest BCUT2D eigenvalue weighted by atomic mass is 79.9. The molecule has 0 saturated carbocycles. The van der Waals surface area contributed by atoms with Crippen molar-refractivity contribution in [2.45, 2.75) is 6.54 Å². The van der Waals surface area contributed by atoms with Gasteiger partial charge in [0.25, 0.3) is 5.56 Å². The third kappa shape index (κ3) is 2.68.